The molecule has 0 unspecified atom stereocenters. The second-order valence-electron chi connectivity index (χ2n) is 6.16. The van der Waals surface area contributed by atoms with Crippen molar-refractivity contribution in [1.29, 1.82) is 0 Å². The highest BCUT2D eigenvalue weighted by Crippen LogP contribution is 2.33. The number of aromatic nitrogens is 2. The fourth-order valence-corrected chi connectivity index (χ4v) is 2.49. The fourth-order valence-electron chi connectivity index (χ4n) is 2.49. The highest BCUT2D eigenvalue weighted by Gasteiger charge is 2.30. The quantitative estimate of drug-likeness (QED) is 0.521. The summed E-state index contributed by atoms with van der Waals surface area (Å²) in [4.78, 5) is 4.57. The molecule has 0 amide bonds. The van der Waals surface area contributed by atoms with Crippen LogP contribution in [0.1, 0.15) is 36.6 Å². The molecule has 2 heterocycles. The van der Waals surface area contributed by atoms with Crippen molar-refractivity contribution in [2.24, 2.45) is 10.2 Å². The topological polar surface area (TPSA) is 42.0 Å². The lowest BCUT2D eigenvalue weighted by molar-refractivity contribution is -0.137. The Kier molecular flexibility index (Phi) is 4.32. The molecule has 7 heteroatoms. The van der Waals surface area contributed by atoms with Gasteiger partial charge in [-0.3, -0.25) is 4.40 Å². The summed E-state index contributed by atoms with van der Waals surface area (Å²) in [6.07, 6.45) is -2.57. The van der Waals surface area contributed by atoms with E-state index < -0.39 is 11.7 Å². The number of fused-ring (bicyclic) bond motifs is 1. The van der Waals surface area contributed by atoms with Crippen LogP contribution >= 0.6 is 0 Å². The van der Waals surface area contributed by atoms with Gasteiger partial charge in [0.25, 0.3) is 0 Å². The Labute approximate surface area is 143 Å². The Morgan fingerprint density at radius 2 is 1.84 bits per heavy atom. The third-order valence-corrected chi connectivity index (χ3v) is 3.76. The summed E-state index contributed by atoms with van der Waals surface area (Å²) in [6, 6.07) is 8.64. The van der Waals surface area contributed by atoms with Crippen LogP contribution in [-0.2, 0) is 6.18 Å². The van der Waals surface area contributed by atoms with Gasteiger partial charge in [-0.05, 0) is 48.7 Å². The molecule has 2 aromatic heterocycles. The van der Waals surface area contributed by atoms with E-state index in [1.54, 1.807) is 4.40 Å². The number of imidazole rings is 1. The molecular formula is C18H17F3N4. The first-order valence-corrected chi connectivity index (χ1v) is 7.83. The van der Waals surface area contributed by atoms with Crippen molar-refractivity contribution in [2.45, 2.75) is 32.9 Å². The highest BCUT2D eigenvalue weighted by molar-refractivity contribution is 5.54. The van der Waals surface area contributed by atoms with Crippen molar-refractivity contribution in [3.05, 3.63) is 59.4 Å². The molecule has 25 heavy (non-hydrogen) atoms. The van der Waals surface area contributed by atoms with Crippen LogP contribution in [0.3, 0.4) is 0 Å². The second kappa shape index (κ2) is 6.31. The molecule has 1 aromatic carbocycles. The Balaban J connectivity index is 2.05. The van der Waals surface area contributed by atoms with E-state index in [-0.39, 0.29) is 11.6 Å². The smallest absolute Gasteiger partial charge is 0.283 e. The molecule has 0 aliphatic carbocycles. The predicted octanol–water partition coefficient (Wildman–Crippen LogP) is 6.20. The number of alkyl halides is 3. The molecule has 0 atom stereocenters. The molecule has 130 valence electrons. The van der Waals surface area contributed by atoms with E-state index in [4.69, 9.17) is 0 Å². The maximum absolute atomic E-state index is 12.8. The van der Waals surface area contributed by atoms with Gasteiger partial charge in [0.05, 0.1) is 16.9 Å². The second-order valence-corrected chi connectivity index (χ2v) is 6.16. The van der Waals surface area contributed by atoms with Crippen LogP contribution in [0.2, 0.25) is 0 Å². The molecule has 3 rings (SSSR count). The highest BCUT2D eigenvalue weighted by atomic mass is 19.4. The van der Waals surface area contributed by atoms with Crippen LogP contribution in [0.4, 0.5) is 24.7 Å². The van der Waals surface area contributed by atoms with Gasteiger partial charge < -0.3 is 0 Å². The van der Waals surface area contributed by atoms with Crippen LogP contribution in [0.15, 0.2) is 52.8 Å². The van der Waals surface area contributed by atoms with Crippen molar-refractivity contribution >= 4 is 17.2 Å². The molecule has 0 radical (unpaired) electrons. The maximum atomic E-state index is 12.8. The minimum absolute atomic E-state index is 0.107. The van der Waals surface area contributed by atoms with Gasteiger partial charge >= 0.3 is 6.18 Å². The lowest BCUT2D eigenvalue weighted by Crippen LogP contribution is -2.03. The van der Waals surface area contributed by atoms with Crippen molar-refractivity contribution < 1.29 is 13.2 Å². The first kappa shape index (κ1) is 17.1. The van der Waals surface area contributed by atoms with Crippen LogP contribution in [0, 0.1) is 6.92 Å². The zero-order valence-electron chi connectivity index (χ0n) is 14.0. The van der Waals surface area contributed by atoms with Crippen LogP contribution in [0.5, 0.6) is 0 Å². The third-order valence-electron chi connectivity index (χ3n) is 3.76. The summed E-state index contributed by atoms with van der Waals surface area (Å²) in [7, 11) is 0. The molecule has 0 saturated carbocycles. The molecule has 0 spiro atoms. The van der Waals surface area contributed by atoms with E-state index in [0.717, 1.165) is 29.0 Å². The Hall–Kier alpha value is -2.70. The summed E-state index contributed by atoms with van der Waals surface area (Å²) in [6.45, 7) is 5.93. The fraction of sp³-hybridized carbons (Fsp3) is 0.278. The van der Waals surface area contributed by atoms with Gasteiger partial charge in [0.2, 0.25) is 0 Å². The maximum Gasteiger partial charge on any atom is 0.416 e. The van der Waals surface area contributed by atoms with E-state index in [9.17, 15) is 13.2 Å². The number of benzene rings is 1. The molecule has 0 aliphatic heterocycles. The van der Waals surface area contributed by atoms with Gasteiger partial charge in [-0.1, -0.05) is 19.9 Å². The Morgan fingerprint density at radius 1 is 1.08 bits per heavy atom. The number of rotatable bonds is 3. The first-order chi connectivity index (χ1) is 11.8. The lowest BCUT2D eigenvalue weighted by Gasteiger charge is -2.06. The van der Waals surface area contributed by atoms with E-state index in [1.165, 1.54) is 12.1 Å². The van der Waals surface area contributed by atoms with Crippen molar-refractivity contribution in [3.63, 3.8) is 0 Å². The van der Waals surface area contributed by atoms with E-state index in [0.29, 0.717) is 5.82 Å². The first-order valence-electron chi connectivity index (χ1n) is 7.83. The van der Waals surface area contributed by atoms with E-state index in [1.807, 2.05) is 39.1 Å². The summed E-state index contributed by atoms with van der Waals surface area (Å²) in [5.74, 6) is 0.637. The molecule has 0 saturated heterocycles. The number of hydrogen-bond donors (Lipinski definition) is 0. The molecular weight excluding hydrogens is 329 g/mol. The number of pyridine rings is 1. The minimum Gasteiger partial charge on any atom is -0.283 e. The predicted molar refractivity (Wildman–Crippen MR) is 89.6 cm³/mol. The molecule has 0 N–H and O–H groups in total. The molecule has 0 bridgehead atoms. The number of aryl methyl sites for hydroxylation is 1. The number of nitrogens with zero attached hydrogens (tertiary/aromatic N) is 4. The monoisotopic (exact) mass is 346 g/mol. The van der Waals surface area contributed by atoms with Gasteiger partial charge in [0, 0.05) is 6.20 Å². The average Bonchev–Trinajstić information content (AvgIpc) is 2.90. The third kappa shape index (κ3) is 3.55. The summed E-state index contributed by atoms with van der Waals surface area (Å²) >= 11 is 0. The lowest BCUT2D eigenvalue weighted by atomic mass is 10.1. The van der Waals surface area contributed by atoms with Crippen LogP contribution < -0.4 is 0 Å². The Morgan fingerprint density at radius 3 is 2.52 bits per heavy atom. The van der Waals surface area contributed by atoms with Gasteiger partial charge in [0.1, 0.15) is 5.65 Å². The van der Waals surface area contributed by atoms with Crippen molar-refractivity contribution in [1.82, 2.24) is 9.38 Å². The van der Waals surface area contributed by atoms with Crippen LogP contribution in [0.25, 0.3) is 5.65 Å². The Bertz CT molecular complexity index is 939. The normalized spacial score (nSPS) is 12.6. The summed E-state index contributed by atoms with van der Waals surface area (Å²) in [5.41, 5.74) is 1.95. The number of halogens is 3. The van der Waals surface area contributed by atoms with Gasteiger partial charge in [-0.25, -0.2) is 4.98 Å². The summed E-state index contributed by atoms with van der Waals surface area (Å²) in [5, 5.41) is 8.20. The zero-order chi connectivity index (χ0) is 18.2. The number of azo groups is 1. The van der Waals surface area contributed by atoms with Crippen molar-refractivity contribution in [2.75, 3.05) is 0 Å². The largest absolute Gasteiger partial charge is 0.416 e. The average molecular weight is 346 g/mol. The van der Waals surface area contributed by atoms with Gasteiger partial charge in [-0.2, -0.15) is 13.2 Å². The molecule has 4 nitrogen and oxygen atoms in total. The van der Waals surface area contributed by atoms with Crippen molar-refractivity contribution in [3.8, 4) is 0 Å². The van der Waals surface area contributed by atoms with E-state index in [2.05, 4.69) is 15.2 Å². The van der Waals surface area contributed by atoms with Gasteiger partial charge in [0.15, 0.2) is 5.82 Å². The van der Waals surface area contributed by atoms with E-state index >= 15 is 0 Å². The minimum atomic E-state index is -4.41. The van der Waals surface area contributed by atoms with Gasteiger partial charge in [-0.15, -0.1) is 10.2 Å². The number of hydrogen-bond acceptors (Lipinski definition) is 3. The molecule has 3 aromatic rings. The molecule has 0 fully saturated rings. The molecule has 0 aliphatic rings. The zero-order valence-corrected chi connectivity index (χ0v) is 14.0. The SMILES string of the molecule is Cc1ccn2c(N=Nc3cccc(C(F)(F)F)c3)c(C(C)C)nc2c1. The summed E-state index contributed by atoms with van der Waals surface area (Å²) < 4.78 is 40.2. The standard InChI is InChI=1S/C18H17F3N4/c1-11(2)16-17(25-8-7-12(3)9-15(25)22-16)24-23-14-6-4-5-13(10-14)18(19,20)21/h4-11H,1-3H3. The van der Waals surface area contributed by atoms with Crippen LogP contribution in [-0.4, -0.2) is 9.38 Å².